The van der Waals surface area contributed by atoms with Crippen LogP contribution in [0.1, 0.15) is 10.4 Å². The summed E-state index contributed by atoms with van der Waals surface area (Å²) in [5, 5.41) is 9.22. The third-order valence-corrected chi connectivity index (χ3v) is 5.50. The lowest BCUT2D eigenvalue weighted by molar-refractivity contribution is 0.102. The van der Waals surface area contributed by atoms with Crippen LogP contribution in [0.15, 0.2) is 72.1 Å². The molecule has 2 N–H and O–H groups in total. The molecule has 0 unspecified atom stereocenters. The molecule has 30 heavy (non-hydrogen) atoms. The molecule has 4 aromatic rings. The number of benzene rings is 3. The highest BCUT2D eigenvalue weighted by atomic mass is 35.5. The van der Waals surface area contributed by atoms with E-state index in [1.165, 1.54) is 29.5 Å². The minimum atomic E-state index is -0.320. The molecule has 0 fully saturated rings. The number of nitrogens with one attached hydrogen (secondary N) is 2. The van der Waals surface area contributed by atoms with Crippen LogP contribution in [-0.2, 0) is 0 Å². The minimum Gasteiger partial charge on any atom is -0.331 e. The first-order chi connectivity index (χ1) is 14.5. The molecule has 0 radical (unpaired) electrons. The Morgan fingerprint density at radius 3 is 2.50 bits per heavy atom. The fourth-order valence-corrected chi connectivity index (χ4v) is 3.98. The van der Waals surface area contributed by atoms with Gasteiger partial charge in [0.1, 0.15) is 5.82 Å². The van der Waals surface area contributed by atoms with Crippen molar-refractivity contribution in [2.24, 2.45) is 0 Å². The lowest BCUT2D eigenvalue weighted by atomic mass is 10.1. The van der Waals surface area contributed by atoms with Crippen LogP contribution in [0.5, 0.6) is 0 Å². The van der Waals surface area contributed by atoms with Crippen molar-refractivity contribution in [1.29, 1.82) is 0 Å². The smallest absolute Gasteiger partial charge is 0.257 e. The van der Waals surface area contributed by atoms with E-state index in [2.05, 4.69) is 15.6 Å². The molecular formula is C22H14Cl2FN3OS. The SMILES string of the molecule is O=C(Nc1ccc(-c2csc(Nc3cccc(F)c3)n2)cc1)c1ccc(Cl)cc1Cl. The van der Waals surface area contributed by atoms with Crippen LogP contribution in [0.3, 0.4) is 0 Å². The van der Waals surface area contributed by atoms with E-state index >= 15 is 0 Å². The van der Waals surface area contributed by atoms with E-state index in [-0.39, 0.29) is 16.7 Å². The second-order valence-corrected chi connectivity index (χ2v) is 8.03. The first kappa shape index (κ1) is 20.3. The summed E-state index contributed by atoms with van der Waals surface area (Å²) in [5.74, 6) is -0.631. The molecular weight excluding hydrogens is 444 g/mol. The Bertz CT molecular complexity index is 1210. The van der Waals surface area contributed by atoms with E-state index in [9.17, 15) is 9.18 Å². The maximum atomic E-state index is 13.3. The maximum absolute atomic E-state index is 13.3. The molecule has 3 aromatic carbocycles. The summed E-state index contributed by atoms with van der Waals surface area (Å²) in [7, 11) is 0. The Balaban J connectivity index is 1.45. The predicted molar refractivity (Wildman–Crippen MR) is 122 cm³/mol. The molecule has 0 saturated carbocycles. The van der Waals surface area contributed by atoms with E-state index in [1.807, 2.05) is 17.5 Å². The molecule has 4 rings (SSSR count). The highest BCUT2D eigenvalue weighted by Gasteiger charge is 2.11. The number of anilines is 3. The number of thiazole rings is 1. The number of amides is 1. The van der Waals surface area contributed by atoms with Crippen molar-refractivity contribution in [2.75, 3.05) is 10.6 Å². The van der Waals surface area contributed by atoms with Gasteiger partial charge in [0.15, 0.2) is 5.13 Å². The van der Waals surface area contributed by atoms with Gasteiger partial charge in [-0.1, -0.05) is 41.4 Å². The lowest BCUT2D eigenvalue weighted by Gasteiger charge is -2.08. The fraction of sp³-hybridized carbons (Fsp3) is 0. The Morgan fingerprint density at radius 2 is 1.77 bits per heavy atom. The predicted octanol–water partition coefficient (Wildman–Crippen LogP) is 7.25. The highest BCUT2D eigenvalue weighted by molar-refractivity contribution is 7.14. The van der Waals surface area contributed by atoms with Gasteiger partial charge in [-0.2, -0.15) is 0 Å². The summed E-state index contributed by atoms with van der Waals surface area (Å²) in [5.41, 5.74) is 3.27. The van der Waals surface area contributed by atoms with E-state index in [1.54, 1.807) is 36.4 Å². The van der Waals surface area contributed by atoms with Gasteiger partial charge in [-0.25, -0.2) is 9.37 Å². The number of hydrogen-bond acceptors (Lipinski definition) is 4. The topological polar surface area (TPSA) is 54.0 Å². The maximum Gasteiger partial charge on any atom is 0.257 e. The van der Waals surface area contributed by atoms with Crippen molar-refractivity contribution < 1.29 is 9.18 Å². The van der Waals surface area contributed by atoms with Crippen molar-refractivity contribution >= 4 is 57.0 Å². The van der Waals surface area contributed by atoms with Crippen LogP contribution >= 0.6 is 34.5 Å². The monoisotopic (exact) mass is 457 g/mol. The van der Waals surface area contributed by atoms with Crippen LogP contribution in [0.4, 0.5) is 20.9 Å². The fourth-order valence-electron chi connectivity index (χ4n) is 2.75. The number of hydrogen-bond donors (Lipinski definition) is 2. The largest absolute Gasteiger partial charge is 0.331 e. The van der Waals surface area contributed by atoms with Gasteiger partial charge in [0, 0.05) is 27.3 Å². The molecule has 150 valence electrons. The summed E-state index contributed by atoms with van der Waals surface area (Å²) in [6.45, 7) is 0. The Morgan fingerprint density at radius 1 is 0.967 bits per heavy atom. The third kappa shape index (κ3) is 4.79. The van der Waals surface area contributed by atoms with Gasteiger partial charge in [-0.3, -0.25) is 4.79 Å². The second-order valence-electron chi connectivity index (χ2n) is 6.33. The van der Waals surface area contributed by atoms with Crippen LogP contribution in [-0.4, -0.2) is 10.9 Å². The number of halogens is 3. The lowest BCUT2D eigenvalue weighted by Crippen LogP contribution is -2.12. The molecule has 0 bridgehead atoms. The van der Waals surface area contributed by atoms with Gasteiger partial charge in [-0.05, 0) is 48.5 Å². The average Bonchev–Trinajstić information content (AvgIpc) is 3.17. The first-order valence-electron chi connectivity index (χ1n) is 8.83. The van der Waals surface area contributed by atoms with E-state index in [0.717, 1.165) is 11.3 Å². The number of carbonyl (C=O) groups is 1. The number of rotatable bonds is 5. The molecule has 0 aliphatic carbocycles. The zero-order valence-electron chi connectivity index (χ0n) is 15.3. The van der Waals surface area contributed by atoms with Gasteiger partial charge in [-0.15, -0.1) is 11.3 Å². The summed E-state index contributed by atoms with van der Waals surface area (Å²) < 4.78 is 13.3. The summed E-state index contributed by atoms with van der Waals surface area (Å²) >= 11 is 13.4. The van der Waals surface area contributed by atoms with Crippen LogP contribution in [0.2, 0.25) is 10.0 Å². The van der Waals surface area contributed by atoms with Gasteiger partial charge in [0.2, 0.25) is 0 Å². The molecule has 0 aliphatic rings. The molecule has 0 atom stereocenters. The van der Waals surface area contributed by atoms with Gasteiger partial charge in [0.25, 0.3) is 5.91 Å². The molecule has 1 amide bonds. The summed E-state index contributed by atoms with van der Waals surface area (Å²) in [6, 6.07) is 18.2. The van der Waals surface area contributed by atoms with Crippen LogP contribution in [0.25, 0.3) is 11.3 Å². The van der Waals surface area contributed by atoms with E-state index in [4.69, 9.17) is 23.2 Å². The van der Waals surface area contributed by atoms with Crippen LogP contribution in [0, 0.1) is 5.82 Å². The zero-order chi connectivity index (χ0) is 21.1. The average molecular weight is 458 g/mol. The summed E-state index contributed by atoms with van der Waals surface area (Å²) in [6.07, 6.45) is 0. The molecule has 4 nitrogen and oxygen atoms in total. The number of aromatic nitrogens is 1. The Kier molecular flexibility index (Phi) is 5.99. The quantitative estimate of drug-likeness (QED) is 0.331. The molecule has 0 spiro atoms. The van der Waals surface area contributed by atoms with Crippen molar-refractivity contribution in [3.8, 4) is 11.3 Å². The summed E-state index contributed by atoms with van der Waals surface area (Å²) in [4.78, 5) is 16.9. The number of nitrogens with zero attached hydrogens (tertiary/aromatic N) is 1. The van der Waals surface area contributed by atoms with E-state index in [0.29, 0.717) is 27.1 Å². The second kappa shape index (κ2) is 8.83. The molecule has 0 aliphatic heterocycles. The molecule has 8 heteroatoms. The van der Waals surface area contributed by atoms with Crippen molar-refractivity contribution in [2.45, 2.75) is 0 Å². The van der Waals surface area contributed by atoms with Gasteiger partial charge in [0.05, 0.1) is 16.3 Å². The zero-order valence-corrected chi connectivity index (χ0v) is 17.7. The third-order valence-electron chi connectivity index (χ3n) is 4.19. The minimum absolute atomic E-state index is 0.289. The normalized spacial score (nSPS) is 10.6. The highest BCUT2D eigenvalue weighted by Crippen LogP contribution is 2.28. The molecule has 1 aromatic heterocycles. The Hall–Kier alpha value is -2.93. The van der Waals surface area contributed by atoms with Crippen molar-refractivity contribution in [1.82, 2.24) is 4.98 Å². The first-order valence-corrected chi connectivity index (χ1v) is 10.5. The Labute approximate surface area is 186 Å². The van der Waals surface area contributed by atoms with Crippen molar-refractivity contribution in [3.63, 3.8) is 0 Å². The molecule has 0 saturated heterocycles. The molecule has 1 heterocycles. The van der Waals surface area contributed by atoms with Gasteiger partial charge >= 0.3 is 0 Å². The standard InChI is InChI=1S/C22H14Cl2FN3OS/c23-14-6-9-18(19(24)10-14)21(29)26-16-7-4-13(5-8-16)20-12-30-22(28-20)27-17-3-1-2-15(25)11-17/h1-12H,(H,26,29)(H,27,28). The van der Waals surface area contributed by atoms with Crippen molar-refractivity contribution in [3.05, 3.63) is 93.5 Å². The number of carbonyl (C=O) groups excluding carboxylic acids is 1. The van der Waals surface area contributed by atoms with Gasteiger partial charge < -0.3 is 10.6 Å². The van der Waals surface area contributed by atoms with Crippen LogP contribution < -0.4 is 10.6 Å². The van der Waals surface area contributed by atoms with E-state index < -0.39 is 0 Å².